The second kappa shape index (κ2) is 7.01. The first-order valence-corrected chi connectivity index (χ1v) is 11.3. The van der Waals surface area contributed by atoms with E-state index in [9.17, 15) is 4.79 Å². The van der Waals surface area contributed by atoms with Gasteiger partial charge in [-0.05, 0) is 55.6 Å². The average molecular weight is 437 g/mol. The van der Waals surface area contributed by atoms with Crippen LogP contribution in [0.25, 0.3) is 10.8 Å². The van der Waals surface area contributed by atoms with Gasteiger partial charge in [-0.25, -0.2) is 4.79 Å². The van der Waals surface area contributed by atoms with Crippen LogP contribution in [0.1, 0.15) is 40.9 Å². The van der Waals surface area contributed by atoms with Crippen molar-refractivity contribution in [2.45, 2.75) is 19.4 Å². The number of carbonyl (C=O) groups is 1. The highest BCUT2D eigenvalue weighted by Gasteiger charge is 2.54. The monoisotopic (exact) mass is 436 g/mol. The number of esters is 1. The Morgan fingerprint density at radius 2 is 1.67 bits per heavy atom. The second-order valence-corrected chi connectivity index (χ2v) is 8.45. The van der Waals surface area contributed by atoms with E-state index in [0.29, 0.717) is 22.7 Å². The number of ether oxygens (including phenoxy) is 2. The molecular weight excluding hydrogens is 412 g/mol. The SMILES string of the molecule is CCN(CC)c1ccc2c(c1)Oc1ccc3c(N)cccc3c1C21OC(=O)c2ccccc21. The number of nitrogens with two attached hydrogens (primary N) is 1. The summed E-state index contributed by atoms with van der Waals surface area (Å²) in [7, 11) is 0. The zero-order valence-corrected chi connectivity index (χ0v) is 18.6. The number of hydrogen-bond donors (Lipinski definition) is 1. The molecule has 0 saturated heterocycles. The van der Waals surface area contributed by atoms with Crippen molar-refractivity contribution in [3.8, 4) is 11.5 Å². The molecule has 1 unspecified atom stereocenters. The van der Waals surface area contributed by atoms with E-state index in [4.69, 9.17) is 15.2 Å². The third-order valence-electron chi connectivity index (χ3n) is 6.87. The van der Waals surface area contributed by atoms with E-state index in [1.54, 1.807) is 0 Å². The topological polar surface area (TPSA) is 64.8 Å². The summed E-state index contributed by atoms with van der Waals surface area (Å²) in [6.07, 6.45) is 0. The van der Waals surface area contributed by atoms with E-state index in [2.05, 4.69) is 24.8 Å². The van der Waals surface area contributed by atoms with Crippen LogP contribution in [0.15, 0.2) is 72.8 Å². The van der Waals surface area contributed by atoms with Gasteiger partial charge < -0.3 is 20.1 Å². The molecule has 5 nitrogen and oxygen atoms in total. The molecule has 164 valence electrons. The van der Waals surface area contributed by atoms with Crippen molar-refractivity contribution in [2.24, 2.45) is 0 Å². The summed E-state index contributed by atoms with van der Waals surface area (Å²) >= 11 is 0. The maximum atomic E-state index is 13.1. The lowest BCUT2D eigenvalue weighted by Crippen LogP contribution is -2.33. The number of benzene rings is 4. The Morgan fingerprint density at radius 3 is 2.48 bits per heavy atom. The maximum Gasteiger partial charge on any atom is 0.340 e. The number of anilines is 2. The largest absolute Gasteiger partial charge is 0.456 e. The molecule has 2 aliphatic rings. The highest BCUT2D eigenvalue weighted by molar-refractivity contribution is 6.02. The Morgan fingerprint density at radius 1 is 0.848 bits per heavy atom. The second-order valence-electron chi connectivity index (χ2n) is 8.45. The van der Waals surface area contributed by atoms with Crippen LogP contribution in [0.2, 0.25) is 0 Å². The van der Waals surface area contributed by atoms with Crippen LogP contribution in [0.5, 0.6) is 11.5 Å². The molecule has 2 aliphatic heterocycles. The van der Waals surface area contributed by atoms with Gasteiger partial charge in [0.05, 0.1) is 11.1 Å². The third-order valence-corrected chi connectivity index (χ3v) is 6.87. The molecular formula is C28H24N2O3. The van der Waals surface area contributed by atoms with Crippen LogP contribution in [0.3, 0.4) is 0 Å². The van der Waals surface area contributed by atoms with Crippen molar-refractivity contribution in [3.05, 3.63) is 95.1 Å². The lowest BCUT2D eigenvalue weighted by molar-refractivity contribution is 0.0229. The Kier molecular flexibility index (Phi) is 4.18. The van der Waals surface area contributed by atoms with Crippen LogP contribution in [-0.2, 0) is 10.3 Å². The Labute approximate surface area is 192 Å². The zero-order chi connectivity index (χ0) is 22.7. The van der Waals surface area contributed by atoms with Gasteiger partial charge in [0, 0.05) is 47.0 Å². The van der Waals surface area contributed by atoms with E-state index in [1.165, 1.54) is 0 Å². The van der Waals surface area contributed by atoms with Crippen molar-refractivity contribution in [2.75, 3.05) is 23.7 Å². The molecule has 1 atom stereocenters. The van der Waals surface area contributed by atoms with Crippen LogP contribution < -0.4 is 15.4 Å². The molecule has 0 bridgehead atoms. The van der Waals surface area contributed by atoms with Crippen LogP contribution >= 0.6 is 0 Å². The summed E-state index contributed by atoms with van der Waals surface area (Å²) in [4.78, 5) is 15.4. The fraction of sp³-hybridized carbons (Fsp3) is 0.179. The molecule has 0 aromatic heterocycles. The van der Waals surface area contributed by atoms with Gasteiger partial charge in [-0.15, -0.1) is 0 Å². The summed E-state index contributed by atoms with van der Waals surface area (Å²) < 4.78 is 12.8. The summed E-state index contributed by atoms with van der Waals surface area (Å²) in [5, 5.41) is 1.82. The molecule has 0 aliphatic carbocycles. The van der Waals surface area contributed by atoms with Crippen molar-refractivity contribution >= 4 is 28.1 Å². The Bertz CT molecular complexity index is 1440. The first-order valence-electron chi connectivity index (χ1n) is 11.3. The Hall–Kier alpha value is -3.99. The van der Waals surface area contributed by atoms with Gasteiger partial charge in [-0.3, -0.25) is 0 Å². The average Bonchev–Trinajstić information content (AvgIpc) is 3.12. The predicted octanol–water partition coefficient (Wildman–Crippen LogP) is 5.84. The summed E-state index contributed by atoms with van der Waals surface area (Å²) in [6, 6.07) is 23.5. The van der Waals surface area contributed by atoms with E-state index in [0.717, 1.165) is 46.2 Å². The molecule has 2 heterocycles. The molecule has 2 N–H and O–H groups in total. The van der Waals surface area contributed by atoms with Crippen molar-refractivity contribution in [1.29, 1.82) is 0 Å². The van der Waals surface area contributed by atoms with Gasteiger partial charge in [-0.2, -0.15) is 0 Å². The number of carbonyl (C=O) groups excluding carboxylic acids is 1. The first kappa shape index (κ1) is 19.7. The summed E-state index contributed by atoms with van der Waals surface area (Å²) in [5.41, 5.74) is 9.99. The molecule has 0 radical (unpaired) electrons. The lowest BCUT2D eigenvalue weighted by Gasteiger charge is -2.38. The van der Waals surface area contributed by atoms with Gasteiger partial charge in [0.15, 0.2) is 5.60 Å². The van der Waals surface area contributed by atoms with E-state index < -0.39 is 5.60 Å². The van der Waals surface area contributed by atoms with E-state index >= 15 is 0 Å². The van der Waals surface area contributed by atoms with Crippen LogP contribution in [0, 0.1) is 0 Å². The maximum absolute atomic E-state index is 13.1. The summed E-state index contributed by atoms with van der Waals surface area (Å²) in [6.45, 7) is 6.04. The van der Waals surface area contributed by atoms with E-state index in [1.807, 2.05) is 66.7 Å². The molecule has 1 spiro atoms. The van der Waals surface area contributed by atoms with Crippen molar-refractivity contribution < 1.29 is 14.3 Å². The van der Waals surface area contributed by atoms with Gasteiger partial charge >= 0.3 is 5.97 Å². The van der Waals surface area contributed by atoms with Gasteiger partial charge in [0.2, 0.25) is 0 Å². The van der Waals surface area contributed by atoms with Crippen molar-refractivity contribution in [1.82, 2.24) is 0 Å². The lowest BCUT2D eigenvalue weighted by atomic mass is 9.75. The molecule has 33 heavy (non-hydrogen) atoms. The fourth-order valence-corrected chi connectivity index (χ4v) is 5.34. The normalized spacial score (nSPS) is 17.8. The number of nitrogen functional groups attached to an aromatic ring is 1. The summed E-state index contributed by atoms with van der Waals surface area (Å²) in [5.74, 6) is 1.03. The highest BCUT2D eigenvalue weighted by Crippen LogP contribution is 2.58. The fourth-order valence-electron chi connectivity index (χ4n) is 5.34. The highest BCUT2D eigenvalue weighted by atomic mass is 16.6. The number of hydrogen-bond acceptors (Lipinski definition) is 5. The Balaban J connectivity index is 1.72. The quantitative estimate of drug-likeness (QED) is 0.323. The molecule has 6 rings (SSSR count). The van der Waals surface area contributed by atoms with Gasteiger partial charge in [0.1, 0.15) is 11.5 Å². The van der Waals surface area contributed by atoms with Crippen molar-refractivity contribution in [3.63, 3.8) is 0 Å². The smallest absolute Gasteiger partial charge is 0.340 e. The first-order chi connectivity index (χ1) is 16.1. The molecule has 4 aromatic rings. The molecule has 4 aromatic carbocycles. The number of nitrogens with zero attached hydrogens (tertiary/aromatic N) is 1. The molecule has 0 fully saturated rings. The van der Waals surface area contributed by atoms with Crippen LogP contribution in [0.4, 0.5) is 11.4 Å². The molecule has 0 amide bonds. The van der Waals surface area contributed by atoms with Crippen LogP contribution in [-0.4, -0.2) is 19.1 Å². The standard InChI is InChI=1S/C28H24N2O3/c1-3-30(4-2)17-12-14-22-25(16-17)32-24-15-13-18-19(9-7-11-23(18)29)26(24)28(22)21-10-6-5-8-20(21)27(31)33-28/h5-16H,3-4,29H2,1-2H3. The molecule has 0 saturated carbocycles. The minimum absolute atomic E-state index is 0.335. The molecule has 5 heteroatoms. The van der Waals surface area contributed by atoms with Gasteiger partial charge in [0.25, 0.3) is 0 Å². The van der Waals surface area contributed by atoms with E-state index in [-0.39, 0.29) is 5.97 Å². The van der Waals surface area contributed by atoms with Gasteiger partial charge in [-0.1, -0.05) is 30.3 Å². The zero-order valence-electron chi connectivity index (χ0n) is 18.6. The number of fused-ring (bicyclic) bond motifs is 8. The predicted molar refractivity (Wildman–Crippen MR) is 130 cm³/mol. The number of rotatable bonds is 3. The third kappa shape index (κ3) is 2.56. The minimum Gasteiger partial charge on any atom is -0.456 e. The minimum atomic E-state index is -1.11.